The molecule has 0 radical (unpaired) electrons. The second-order valence-electron chi connectivity index (χ2n) is 8.22. The number of Topliss-reactive ketones (excluding diaryl/α,β-unsaturated/α-hetero) is 1. The number of hydrogen-bond donors (Lipinski definition) is 0. The second-order valence-corrected chi connectivity index (χ2v) is 8.22. The van der Waals surface area contributed by atoms with Gasteiger partial charge in [-0.25, -0.2) is 0 Å². The summed E-state index contributed by atoms with van der Waals surface area (Å²) < 4.78 is 0. The van der Waals surface area contributed by atoms with Gasteiger partial charge in [0, 0.05) is 19.0 Å². The van der Waals surface area contributed by atoms with Gasteiger partial charge in [-0.1, -0.05) is 20.8 Å². The Kier molecular flexibility index (Phi) is 6.00. The first-order chi connectivity index (χ1) is 12.5. The van der Waals surface area contributed by atoms with Gasteiger partial charge < -0.3 is 9.80 Å². The van der Waals surface area contributed by atoms with E-state index >= 15 is 0 Å². The minimum Gasteiger partial charge on any atom is -0.331 e. The second kappa shape index (κ2) is 8.07. The molecule has 3 atom stereocenters. The molecule has 0 aromatic heterocycles. The number of rotatable bonds is 5. The number of ketones is 1. The number of carbonyl (C=O) groups is 3. The van der Waals surface area contributed by atoms with E-state index in [1.165, 1.54) is 0 Å². The van der Waals surface area contributed by atoms with Gasteiger partial charge in [0.1, 0.15) is 6.04 Å². The van der Waals surface area contributed by atoms with Crippen LogP contribution in [0.1, 0.15) is 59.3 Å². The molecule has 3 fully saturated rings. The van der Waals surface area contributed by atoms with Crippen molar-refractivity contribution in [3.63, 3.8) is 0 Å². The predicted molar refractivity (Wildman–Crippen MR) is 99.6 cm³/mol. The van der Waals surface area contributed by atoms with Crippen LogP contribution in [-0.2, 0) is 14.4 Å². The Morgan fingerprint density at radius 1 is 0.808 bits per heavy atom. The molecular weight excluding hydrogens is 330 g/mol. The predicted octanol–water partition coefficient (Wildman–Crippen LogP) is 1.68. The summed E-state index contributed by atoms with van der Waals surface area (Å²) >= 11 is 0. The maximum Gasteiger partial charge on any atom is 0.245 e. The molecule has 0 aliphatic carbocycles. The van der Waals surface area contributed by atoms with Crippen LogP contribution in [-0.4, -0.2) is 76.6 Å². The van der Waals surface area contributed by atoms with E-state index in [9.17, 15) is 14.4 Å². The normalized spacial score (nSPS) is 29.8. The molecule has 0 aromatic carbocycles. The first kappa shape index (κ1) is 19.3. The van der Waals surface area contributed by atoms with Crippen molar-refractivity contribution in [1.82, 2.24) is 14.7 Å². The van der Waals surface area contributed by atoms with Crippen LogP contribution in [0.2, 0.25) is 0 Å². The number of nitrogens with zero attached hydrogens (tertiary/aromatic N) is 3. The first-order valence-electron chi connectivity index (χ1n) is 10.3. The molecule has 3 unspecified atom stereocenters. The monoisotopic (exact) mass is 363 g/mol. The van der Waals surface area contributed by atoms with Crippen molar-refractivity contribution in [1.29, 1.82) is 0 Å². The van der Waals surface area contributed by atoms with E-state index in [1.54, 1.807) is 4.90 Å². The van der Waals surface area contributed by atoms with Crippen LogP contribution in [0.3, 0.4) is 0 Å². The highest BCUT2D eigenvalue weighted by molar-refractivity contribution is 5.95. The molecule has 3 aliphatic heterocycles. The fourth-order valence-corrected chi connectivity index (χ4v) is 4.87. The highest BCUT2D eigenvalue weighted by Gasteiger charge is 2.44. The Balaban J connectivity index is 1.72. The molecule has 0 N–H and O–H groups in total. The molecular formula is C20H33N3O3. The fraction of sp³-hybridized carbons (Fsp3) is 0.850. The Labute approximate surface area is 156 Å². The van der Waals surface area contributed by atoms with Gasteiger partial charge in [0.05, 0.1) is 12.1 Å². The van der Waals surface area contributed by atoms with Gasteiger partial charge in [0.15, 0.2) is 5.78 Å². The third-order valence-electron chi connectivity index (χ3n) is 6.31. The van der Waals surface area contributed by atoms with Crippen LogP contribution in [0.4, 0.5) is 0 Å². The first-order valence-corrected chi connectivity index (χ1v) is 10.3. The Morgan fingerprint density at radius 2 is 1.31 bits per heavy atom. The topological polar surface area (TPSA) is 60.9 Å². The van der Waals surface area contributed by atoms with Crippen molar-refractivity contribution in [2.45, 2.75) is 77.4 Å². The van der Waals surface area contributed by atoms with Gasteiger partial charge in [0.2, 0.25) is 11.8 Å². The van der Waals surface area contributed by atoms with Gasteiger partial charge in [0.25, 0.3) is 0 Å². The Bertz CT molecular complexity index is 563. The molecule has 146 valence electrons. The summed E-state index contributed by atoms with van der Waals surface area (Å²) in [6.45, 7) is 9.04. The van der Waals surface area contributed by atoms with Crippen molar-refractivity contribution < 1.29 is 14.4 Å². The smallest absolute Gasteiger partial charge is 0.245 e. The lowest BCUT2D eigenvalue weighted by Crippen LogP contribution is -2.54. The molecule has 6 nitrogen and oxygen atoms in total. The standard InChI is InChI=1S/C20H33N3O3/c1-4-21-11-5-9-16(21)19(25)23-13-7-10-17(23)20(26)22-12-6-8-15(22)18(24)14(2)3/h14-17H,4-13H2,1-3H3. The number of hydrogen-bond acceptors (Lipinski definition) is 4. The van der Waals surface area contributed by atoms with Gasteiger partial charge >= 0.3 is 0 Å². The molecule has 3 aliphatic rings. The molecule has 3 saturated heterocycles. The van der Waals surface area contributed by atoms with Crippen LogP contribution in [0.15, 0.2) is 0 Å². The Hall–Kier alpha value is -1.43. The zero-order chi connectivity index (χ0) is 18.8. The molecule has 0 saturated carbocycles. The van der Waals surface area contributed by atoms with Crippen LogP contribution >= 0.6 is 0 Å². The largest absolute Gasteiger partial charge is 0.331 e. The van der Waals surface area contributed by atoms with E-state index in [-0.39, 0.29) is 41.6 Å². The van der Waals surface area contributed by atoms with Gasteiger partial charge in [-0.15, -0.1) is 0 Å². The van der Waals surface area contributed by atoms with E-state index in [0.717, 1.165) is 51.6 Å². The highest BCUT2D eigenvalue weighted by atomic mass is 16.2. The molecule has 3 heterocycles. The minimum atomic E-state index is -0.373. The van der Waals surface area contributed by atoms with E-state index < -0.39 is 0 Å². The third kappa shape index (κ3) is 3.53. The van der Waals surface area contributed by atoms with Crippen LogP contribution in [0.5, 0.6) is 0 Å². The lowest BCUT2D eigenvalue weighted by molar-refractivity contribution is -0.148. The SMILES string of the molecule is CCN1CCCC1C(=O)N1CCCC1C(=O)N1CCCC1C(=O)C(C)C. The molecule has 3 rings (SSSR count). The van der Waals surface area contributed by atoms with E-state index in [2.05, 4.69) is 11.8 Å². The molecule has 0 bridgehead atoms. The number of likely N-dealkylation sites (N-methyl/N-ethyl adjacent to an activating group) is 1. The zero-order valence-electron chi connectivity index (χ0n) is 16.4. The van der Waals surface area contributed by atoms with Gasteiger partial charge in [-0.2, -0.15) is 0 Å². The number of carbonyl (C=O) groups excluding carboxylic acids is 3. The Morgan fingerprint density at radius 3 is 1.92 bits per heavy atom. The maximum absolute atomic E-state index is 13.2. The van der Waals surface area contributed by atoms with Crippen LogP contribution in [0, 0.1) is 5.92 Å². The van der Waals surface area contributed by atoms with Crippen LogP contribution in [0.25, 0.3) is 0 Å². The summed E-state index contributed by atoms with van der Waals surface area (Å²) in [7, 11) is 0. The summed E-state index contributed by atoms with van der Waals surface area (Å²) in [5, 5.41) is 0. The van der Waals surface area contributed by atoms with Gasteiger partial charge in [-0.05, 0) is 51.6 Å². The van der Waals surface area contributed by atoms with Crippen molar-refractivity contribution in [3.05, 3.63) is 0 Å². The summed E-state index contributed by atoms with van der Waals surface area (Å²) in [4.78, 5) is 44.7. The molecule has 0 aromatic rings. The van der Waals surface area contributed by atoms with E-state index in [0.29, 0.717) is 13.1 Å². The molecule has 6 heteroatoms. The number of amides is 2. The third-order valence-corrected chi connectivity index (χ3v) is 6.31. The molecule has 0 spiro atoms. The van der Waals surface area contributed by atoms with Crippen molar-refractivity contribution in [2.24, 2.45) is 5.92 Å². The average Bonchev–Trinajstić information content (AvgIpc) is 3.39. The van der Waals surface area contributed by atoms with E-state index in [1.807, 2.05) is 18.7 Å². The highest BCUT2D eigenvalue weighted by Crippen LogP contribution is 2.29. The summed E-state index contributed by atoms with van der Waals surface area (Å²) in [6.07, 6.45) is 5.17. The van der Waals surface area contributed by atoms with Crippen LogP contribution < -0.4 is 0 Å². The van der Waals surface area contributed by atoms with Crippen molar-refractivity contribution in [3.8, 4) is 0 Å². The van der Waals surface area contributed by atoms with Gasteiger partial charge in [-0.3, -0.25) is 19.3 Å². The minimum absolute atomic E-state index is 0.00612. The van der Waals surface area contributed by atoms with Crippen molar-refractivity contribution in [2.75, 3.05) is 26.2 Å². The van der Waals surface area contributed by atoms with Crippen molar-refractivity contribution >= 4 is 17.6 Å². The summed E-state index contributed by atoms with van der Waals surface area (Å²) in [5.41, 5.74) is 0. The van der Waals surface area contributed by atoms with E-state index in [4.69, 9.17) is 0 Å². The lowest BCUT2D eigenvalue weighted by atomic mass is 9.99. The molecule has 26 heavy (non-hydrogen) atoms. The quantitative estimate of drug-likeness (QED) is 0.746. The lowest BCUT2D eigenvalue weighted by Gasteiger charge is -2.34. The zero-order valence-corrected chi connectivity index (χ0v) is 16.4. The number of likely N-dealkylation sites (tertiary alicyclic amines) is 3. The average molecular weight is 364 g/mol. The maximum atomic E-state index is 13.2. The fourth-order valence-electron chi connectivity index (χ4n) is 4.87. The molecule has 2 amide bonds. The summed E-state index contributed by atoms with van der Waals surface area (Å²) in [5.74, 6) is 0.200. The summed E-state index contributed by atoms with van der Waals surface area (Å²) in [6, 6.07) is -0.735.